The molecule has 1 amide bonds. The van der Waals surface area contributed by atoms with Gasteiger partial charge in [0, 0.05) is 23.6 Å². The summed E-state index contributed by atoms with van der Waals surface area (Å²) in [6, 6.07) is 24.9. The molecule has 0 unspecified atom stereocenters. The summed E-state index contributed by atoms with van der Waals surface area (Å²) in [7, 11) is 0. The van der Waals surface area contributed by atoms with Crippen molar-refractivity contribution in [3.63, 3.8) is 0 Å². The summed E-state index contributed by atoms with van der Waals surface area (Å²) in [6.07, 6.45) is 3.75. The number of para-hydroxylation sites is 1. The lowest BCUT2D eigenvalue weighted by molar-refractivity contribution is -0.118. The summed E-state index contributed by atoms with van der Waals surface area (Å²) in [4.78, 5) is 21.1. The lowest BCUT2D eigenvalue weighted by atomic mass is 10.1. The molecule has 2 heterocycles. The van der Waals surface area contributed by atoms with Crippen LogP contribution in [0.4, 0.5) is 5.69 Å². The van der Waals surface area contributed by atoms with Gasteiger partial charge in [-0.3, -0.25) is 9.78 Å². The maximum Gasteiger partial charge on any atom is 0.262 e. The summed E-state index contributed by atoms with van der Waals surface area (Å²) in [6.45, 7) is -0.0988. The Morgan fingerprint density at radius 2 is 1.79 bits per heavy atom. The zero-order valence-electron chi connectivity index (χ0n) is 17.6. The van der Waals surface area contributed by atoms with Crippen LogP contribution in [0.3, 0.4) is 0 Å². The number of ether oxygens (including phenoxy) is 1. The second-order valence-electron chi connectivity index (χ2n) is 7.43. The number of nitrogens with zero attached hydrogens (tertiary/aromatic N) is 3. The van der Waals surface area contributed by atoms with Crippen LogP contribution < -0.4 is 10.1 Å². The molecule has 0 bridgehead atoms. The molecule has 5 rings (SSSR count). The van der Waals surface area contributed by atoms with E-state index in [4.69, 9.17) is 9.26 Å². The highest BCUT2D eigenvalue weighted by Gasteiger charge is 2.13. The Morgan fingerprint density at radius 1 is 0.939 bits per heavy atom. The average Bonchev–Trinajstić information content (AvgIpc) is 3.33. The van der Waals surface area contributed by atoms with Gasteiger partial charge in [0.1, 0.15) is 5.75 Å². The van der Waals surface area contributed by atoms with Crippen molar-refractivity contribution < 1.29 is 14.1 Å². The van der Waals surface area contributed by atoms with E-state index in [2.05, 4.69) is 20.4 Å². The molecule has 0 aliphatic rings. The number of carbonyl (C=O) groups excluding carboxylic acids is 1. The van der Waals surface area contributed by atoms with Gasteiger partial charge in [-0.05, 0) is 46.7 Å². The fourth-order valence-electron chi connectivity index (χ4n) is 3.49. The zero-order valence-corrected chi connectivity index (χ0v) is 17.6. The molecule has 33 heavy (non-hydrogen) atoms. The summed E-state index contributed by atoms with van der Waals surface area (Å²) in [5.74, 6) is 1.31. The van der Waals surface area contributed by atoms with Crippen molar-refractivity contribution >= 4 is 22.4 Å². The first kappa shape index (κ1) is 20.4. The molecule has 0 aliphatic carbocycles. The lowest BCUT2D eigenvalue weighted by Gasteiger charge is -2.11. The average molecular weight is 436 g/mol. The molecule has 0 radical (unpaired) electrons. The summed E-state index contributed by atoms with van der Waals surface area (Å²) < 4.78 is 11.1. The molecule has 7 heteroatoms. The Labute approximate surface area is 190 Å². The number of pyridine rings is 1. The number of rotatable bonds is 7. The van der Waals surface area contributed by atoms with Crippen molar-refractivity contribution in [3.05, 3.63) is 103 Å². The Kier molecular flexibility index (Phi) is 5.75. The monoisotopic (exact) mass is 436 g/mol. The molecular formula is C26H20N4O3. The standard InChI is InChI=1S/C26H20N4O3/c31-24(17-32-22-12-11-18-6-1-2-7-19(18)14-22)28-23-10-4-3-8-20(23)15-25-29-26(30-33-25)21-9-5-13-27-16-21/h1-14,16H,15,17H2,(H,28,31). The van der Waals surface area contributed by atoms with Crippen LogP contribution in [0.25, 0.3) is 22.2 Å². The van der Waals surface area contributed by atoms with Crippen molar-refractivity contribution in [2.45, 2.75) is 6.42 Å². The van der Waals surface area contributed by atoms with Gasteiger partial charge in [-0.25, -0.2) is 0 Å². The number of aromatic nitrogens is 3. The number of nitrogens with one attached hydrogen (secondary N) is 1. The molecule has 0 atom stereocenters. The summed E-state index contributed by atoms with van der Waals surface area (Å²) >= 11 is 0. The minimum absolute atomic E-state index is 0.0988. The molecule has 7 nitrogen and oxygen atoms in total. The quantitative estimate of drug-likeness (QED) is 0.391. The van der Waals surface area contributed by atoms with E-state index in [1.165, 1.54) is 0 Å². The topological polar surface area (TPSA) is 90.1 Å². The van der Waals surface area contributed by atoms with Crippen LogP contribution in [-0.4, -0.2) is 27.6 Å². The fraction of sp³-hybridized carbons (Fsp3) is 0.0769. The van der Waals surface area contributed by atoms with Gasteiger partial charge in [0.15, 0.2) is 6.61 Å². The van der Waals surface area contributed by atoms with Crippen molar-refractivity contribution in [2.24, 2.45) is 0 Å². The lowest BCUT2D eigenvalue weighted by Crippen LogP contribution is -2.21. The largest absolute Gasteiger partial charge is 0.484 e. The molecule has 0 fully saturated rings. The van der Waals surface area contributed by atoms with Crippen LogP contribution in [0, 0.1) is 0 Å². The van der Waals surface area contributed by atoms with Crippen molar-refractivity contribution in [1.82, 2.24) is 15.1 Å². The second kappa shape index (κ2) is 9.32. The minimum atomic E-state index is -0.253. The maximum absolute atomic E-state index is 12.5. The van der Waals surface area contributed by atoms with Gasteiger partial charge in [0.2, 0.25) is 11.7 Å². The number of carbonyl (C=O) groups is 1. The van der Waals surface area contributed by atoms with Gasteiger partial charge in [0.25, 0.3) is 5.91 Å². The molecule has 2 aromatic heterocycles. The van der Waals surface area contributed by atoms with E-state index in [0.29, 0.717) is 29.6 Å². The maximum atomic E-state index is 12.5. The zero-order chi connectivity index (χ0) is 22.5. The second-order valence-corrected chi connectivity index (χ2v) is 7.43. The third-order valence-corrected chi connectivity index (χ3v) is 5.11. The third kappa shape index (κ3) is 4.88. The fourth-order valence-corrected chi connectivity index (χ4v) is 3.49. The highest BCUT2D eigenvalue weighted by molar-refractivity contribution is 5.92. The predicted molar refractivity (Wildman–Crippen MR) is 125 cm³/mol. The number of benzene rings is 3. The molecule has 0 aliphatic heterocycles. The predicted octanol–water partition coefficient (Wildman–Crippen LogP) is 4.89. The first-order valence-electron chi connectivity index (χ1n) is 10.5. The number of amides is 1. The van der Waals surface area contributed by atoms with E-state index in [9.17, 15) is 4.79 Å². The molecule has 162 valence electrons. The molecule has 0 saturated heterocycles. The van der Waals surface area contributed by atoms with Gasteiger partial charge in [-0.2, -0.15) is 4.98 Å². The Balaban J connectivity index is 1.24. The van der Waals surface area contributed by atoms with E-state index in [1.54, 1.807) is 12.4 Å². The SMILES string of the molecule is O=C(COc1ccc2ccccc2c1)Nc1ccccc1Cc1nc(-c2cccnc2)no1. The molecule has 0 spiro atoms. The first-order chi connectivity index (χ1) is 16.2. The van der Waals surface area contributed by atoms with Gasteiger partial charge in [-0.15, -0.1) is 0 Å². The molecular weight excluding hydrogens is 416 g/mol. The van der Waals surface area contributed by atoms with Crippen molar-refractivity contribution in [3.8, 4) is 17.1 Å². The van der Waals surface area contributed by atoms with Gasteiger partial charge in [-0.1, -0.05) is 53.7 Å². The van der Waals surface area contributed by atoms with E-state index < -0.39 is 0 Å². The molecule has 5 aromatic rings. The molecule has 3 aromatic carbocycles. The van der Waals surface area contributed by atoms with Crippen LogP contribution in [-0.2, 0) is 11.2 Å². The highest BCUT2D eigenvalue weighted by atomic mass is 16.5. The van der Waals surface area contributed by atoms with Crippen LogP contribution >= 0.6 is 0 Å². The number of hydrogen-bond acceptors (Lipinski definition) is 6. The Bertz CT molecular complexity index is 1400. The Hall–Kier alpha value is -4.52. The Morgan fingerprint density at radius 3 is 2.67 bits per heavy atom. The van der Waals surface area contributed by atoms with Crippen LogP contribution in [0.5, 0.6) is 5.75 Å². The number of hydrogen-bond donors (Lipinski definition) is 1. The van der Waals surface area contributed by atoms with Gasteiger partial charge in [0.05, 0.1) is 6.42 Å². The van der Waals surface area contributed by atoms with Gasteiger partial charge < -0.3 is 14.6 Å². The minimum Gasteiger partial charge on any atom is -0.484 e. The normalized spacial score (nSPS) is 10.8. The molecule has 1 N–H and O–H groups in total. The highest BCUT2D eigenvalue weighted by Crippen LogP contribution is 2.22. The summed E-state index contributed by atoms with van der Waals surface area (Å²) in [5, 5.41) is 9.12. The smallest absolute Gasteiger partial charge is 0.262 e. The molecule has 0 saturated carbocycles. The van der Waals surface area contributed by atoms with Crippen molar-refractivity contribution in [1.29, 1.82) is 0 Å². The first-order valence-corrected chi connectivity index (χ1v) is 10.5. The summed E-state index contributed by atoms with van der Waals surface area (Å²) in [5.41, 5.74) is 2.31. The van der Waals surface area contributed by atoms with E-state index in [-0.39, 0.29) is 12.5 Å². The van der Waals surface area contributed by atoms with E-state index >= 15 is 0 Å². The van der Waals surface area contributed by atoms with Crippen LogP contribution in [0.15, 0.2) is 95.8 Å². The third-order valence-electron chi connectivity index (χ3n) is 5.11. The van der Waals surface area contributed by atoms with Crippen molar-refractivity contribution in [2.75, 3.05) is 11.9 Å². The number of fused-ring (bicyclic) bond motifs is 1. The van der Waals surface area contributed by atoms with E-state index in [1.807, 2.05) is 78.9 Å². The number of anilines is 1. The van der Waals surface area contributed by atoms with Crippen LogP contribution in [0.2, 0.25) is 0 Å². The van der Waals surface area contributed by atoms with Gasteiger partial charge >= 0.3 is 0 Å². The van der Waals surface area contributed by atoms with E-state index in [0.717, 1.165) is 21.9 Å². The van der Waals surface area contributed by atoms with Crippen LogP contribution in [0.1, 0.15) is 11.5 Å².